The molecule has 1 fully saturated rings. The zero-order chi connectivity index (χ0) is 12.7. The van der Waals surface area contributed by atoms with Gasteiger partial charge in [0.25, 0.3) is 0 Å². The van der Waals surface area contributed by atoms with E-state index in [9.17, 15) is 0 Å². The molecule has 1 N–H and O–H groups in total. The molecule has 4 nitrogen and oxygen atoms in total. The molecule has 0 amide bonds. The van der Waals surface area contributed by atoms with Crippen LogP contribution >= 0.6 is 0 Å². The van der Waals surface area contributed by atoms with Gasteiger partial charge in [-0.15, -0.1) is 0 Å². The van der Waals surface area contributed by atoms with Crippen LogP contribution in [0.3, 0.4) is 0 Å². The molecule has 102 valence electrons. The summed E-state index contributed by atoms with van der Waals surface area (Å²) in [6, 6.07) is 0.595. The van der Waals surface area contributed by atoms with Gasteiger partial charge in [0.05, 0.1) is 12.2 Å². The van der Waals surface area contributed by atoms with Crippen molar-refractivity contribution in [2.45, 2.75) is 44.9 Å². The van der Waals surface area contributed by atoms with Crippen molar-refractivity contribution >= 4 is 0 Å². The zero-order valence-corrected chi connectivity index (χ0v) is 11.7. The Hall–Kier alpha value is -0.160. The summed E-state index contributed by atoms with van der Waals surface area (Å²) in [6.07, 6.45) is 2.97. The largest absolute Gasteiger partial charge is 0.377 e. The molecule has 0 aromatic heterocycles. The lowest BCUT2D eigenvalue weighted by Gasteiger charge is -2.15. The molecule has 0 spiro atoms. The van der Waals surface area contributed by atoms with Gasteiger partial charge in [-0.25, -0.2) is 0 Å². The fourth-order valence-corrected chi connectivity index (χ4v) is 2.30. The molecule has 1 saturated heterocycles. The molecule has 0 aromatic rings. The van der Waals surface area contributed by atoms with Gasteiger partial charge in [-0.3, -0.25) is 4.90 Å². The minimum absolute atomic E-state index is 0.244. The van der Waals surface area contributed by atoms with Gasteiger partial charge < -0.3 is 14.8 Å². The van der Waals surface area contributed by atoms with Crippen LogP contribution in [0, 0.1) is 0 Å². The molecule has 0 bridgehead atoms. The number of rotatable bonds is 8. The third-order valence-corrected chi connectivity index (χ3v) is 3.35. The van der Waals surface area contributed by atoms with Crippen molar-refractivity contribution in [3.05, 3.63) is 0 Å². The van der Waals surface area contributed by atoms with Crippen molar-refractivity contribution in [3.63, 3.8) is 0 Å². The maximum Gasteiger partial charge on any atom is 0.0971 e. The van der Waals surface area contributed by atoms with E-state index in [0.717, 1.165) is 26.2 Å². The molecule has 1 aliphatic rings. The molecule has 0 aromatic carbocycles. The van der Waals surface area contributed by atoms with Gasteiger partial charge in [-0.05, 0) is 25.9 Å². The molecule has 4 heteroatoms. The smallest absolute Gasteiger partial charge is 0.0971 e. The highest BCUT2D eigenvalue weighted by molar-refractivity contribution is 4.85. The lowest BCUT2D eigenvalue weighted by Crippen LogP contribution is -2.27. The van der Waals surface area contributed by atoms with Crippen molar-refractivity contribution in [1.29, 1.82) is 0 Å². The molecule has 1 rings (SSSR count). The molecular formula is C13H28N2O2. The maximum absolute atomic E-state index is 5.42. The van der Waals surface area contributed by atoms with Gasteiger partial charge in [-0.1, -0.05) is 13.8 Å². The normalized spacial score (nSPS) is 25.9. The first-order chi connectivity index (χ1) is 8.17. The molecule has 1 aliphatic heterocycles. The third-order valence-electron chi connectivity index (χ3n) is 3.35. The molecule has 0 aliphatic carbocycles. The summed E-state index contributed by atoms with van der Waals surface area (Å²) in [5.41, 5.74) is 0. The van der Waals surface area contributed by atoms with Crippen molar-refractivity contribution in [2.24, 2.45) is 0 Å². The summed E-state index contributed by atoms with van der Waals surface area (Å²) in [5.74, 6) is 0. The van der Waals surface area contributed by atoms with E-state index in [1.54, 1.807) is 14.2 Å². The Bertz CT molecular complexity index is 188. The summed E-state index contributed by atoms with van der Waals surface area (Å²) in [5, 5.41) is 3.44. The summed E-state index contributed by atoms with van der Waals surface area (Å²) < 4.78 is 10.8. The summed E-state index contributed by atoms with van der Waals surface area (Å²) in [6.45, 7) is 8.66. The van der Waals surface area contributed by atoms with Crippen LogP contribution < -0.4 is 5.32 Å². The Balaban J connectivity index is 2.08. The molecular weight excluding hydrogens is 216 g/mol. The van der Waals surface area contributed by atoms with Crippen LogP contribution in [0.2, 0.25) is 0 Å². The first-order valence-corrected chi connectivity index (χ1v) is 6.68. The second kappa shape index (κ2) is 8.03. The highest BCUT2D eigenvalue weighted by Gasteiger charge is 2.32. The van der Waals surface area contributed by atoms with Crippen LogP contribution in [-0.4, -0.2) is 63.5 Å². The van der Waals surface area contributed by atoms with Gasteiger partial charge in [0.2, 0.25) is 0 Å². The van der Waals surface area contributed by atoms with E-state index in [-0.39, 0.29) is 12.2 Å². The van der Waals surface area contributed by atoms with Crippen LogP contribution in [0.4, 0.5) is 0 Å². The lowest BCUT2D eigenvalue weighted by atomic mass is 10.3. The topological polar surface area (TPSA) is 33.7 Å². The first kappa shape index (κ1) is 14.9. The predicted molar refractivity (Wildman–Crippen MR) is 70.4 cm³/mol. The van der Waals surface area contributed by atoms with Crippen molar-refractivity contribution in [2.75, 3.05) is 40.4 Å². The van der Waals surface area contributed by atoms with E-state index in [1.165, 1.54) is 12.8 Å². The van der Waals surface area contributed by atoms with E-state index in [1.807, 2.05) is 0 Å². The lowest BCUT2D eigenvalue weighted by molar-refractivity contribution is -0.00461. The molecule has 2 unspecified atom stereocenters. The van der Waals surface area contributed by atoms with Gasteiger partial charge in [0.15, 0.2) is 0 Å². The first-order valence-electron chi connectivity index (χ1n) is 6.68. The Labute approximate surface area is 106 Å². The van der Waals surface area contributed by atoms with E-state index in [2.05, 4.69) is 24.1 Å². The van der Waals surface area contributed by atoms with Crippen molar-refractivity contribution in [1.82, 2.24) is 10.2 Å². The number of nitrogens with zero attached hydrogens (tertiary/aromatic N) is 1. The Morgan fingerprint density at radius 3 is 2.18 bits per heavy atom. The zero-order valence-electron chi connectivity index (χ0n) is 11.7. The Morgan fingerprint density at radius 1 is 1.12 bits per heavy atom. The van der Waals surface area contributed by atoms with E-state index < -0.39 is 0 Å². The second-order valence-electron chi connectivity index (χ2n) is 5.12. The van der Waals surface area contributed by atoms with E-state index >= 15 is 0 Å². The number of ether oxygens (including phenoxy) is 2. The minimum Gasteiger partial charge on any atom is -0.377 e. The summed E-state index contributed by atoms with van der Waals surface area (Å²) in [7, 11) is 3.54. The van der Waals surface area contributed by atoms with Crippen LogP contribution in [0.15, 0.2) is 0 Å². The molecule has 0 saturated carbocycles. The Kier molecular flexibility index (Phi) is 7.04. The van der Waals surface area contributed by atoms with Gasteiger partial charge in [-0.2, -0.15) is 0 Å². The van der Waals surface area contributed by atoms with Crippen LogP contribution in [-0.2, 0) is 9.47 Å². The van der Waals surface area contributed by atoms with Crippen molar-refractivity contribution < 1.29 is 9.47 Å². The fraction of sp³-hybridized carbons (Fsp3) is 1.00. The van der Waals surface area contributed by atoms with E-state index in [0.29, 0.717) is 6.04 Å². The highest BCUT2D eigenvalue weighted by atomic mass is 16.5. The van der Waals surface area contributed by atoms with Crippen LogP contribution in [0.1, 0.15) is 26.7 Å². The monoisotopic (exact) mass is 244 g/mol. The molecule has 1 heterocycles. The number of hydrogen-bond acceptors (Lipinski definition) is 4. The fourth-order valence-electron chi connectivity index (χ4n) is 2.30. The number of nitrogens with one attached hydrogen (secondary N) is 1. The molecule has 2 atom stereocenters. The molecule has 0 radical (unpaired) electrons. The number of methoxy groups -OCH3 is 2. The minimum atomic E-state index is 0.244. The van der Waals surface area contributed by atoms with Gasteiger partial charge >= 0.3 is 0 Å². The van der Waals surface area contributed by atoms with Gasteiger partial charge in [0.1, 0.15) is 0 Å². The average Bonchev–Trinajstić information content (AvgIpc) is 2.70. The van der Waals surface area contributed by atoms with E-state index in [4.69, 9.17) is 9.47 Å². The third kappa shape index (κ3) is 5.34. The van der Waals surface area contributed by atoms with Gasteiger partial charge in [0, 0.05) is 33.4 Å². The number of likely N-dealkylation sites (tertiary alicyclic amines) is 1. The van der Waals surface area contributed by atoms with Crippen LogP contribution in [0.5, 0.6) is 0 Å². The summed E-state index contributed by atoms with van der Waals surface area (Å²) >= 11 is 0. The molecule has 17 heavy (non-hydrogen) atoms. The van der Waals surface area contributed by atoms with Crippen LogP contribution in [0.25, 0.3) is 0 Å². The average molecular weight is 244 g/mol. The quantitative estimate of drug-likeness (QED) is 0.649. The predicted octanol–water partition coefficient (Wildman–Crippen LogP) is 1.11. The SMILES string of the molecule is COC1CN(CCCCNC(C)C)CC1OC. The second-order valence-corrected chi connectivity index (χ2v) is 5.12. The summed E-state index contributed by atoms with van der Waals surface area (Å²) in [4.78, 5) is 2.44. The number of unbranched alkanes of at least 4 members (excludes halogenated alkanes) is 1. The Morgan fingerprint density at radius 2 is 1.71 bits per heavy atom. The highest BCUT2D eigenvalue weighted by Crippen LogP contribution is 2.15. The standard InChI is InChI=1S/C13H28N2O2/c1-11(2)14-7-5-6-8-15-9-12(16-3)13(10-15)17-4/h11-14H,5-10H2,1-4H3. The maximum atomic E-state index is 5.42. The number of hydrogen-bond donors (Lipinski definition) is 1. The van der Waals surface area contributed by atoms with Crippen molar-refractivity contribution in [3.8, 4) is 0 Å².